The molecule has 0 saturated carbocycles. The Bertz CT molecular complexity index is 642. The van der Waals surface area contributed by atoms with E-state index < -0.39 is 0 Å². The van der Waals surface area contributed by atoms with Crippen molar-refractivity contribution >= 4 is 11.5 Å². The fourth-order valence-electron chi connectivity index (χ4n) is 2.94. The van der Waals surface area contributed by atoms with Gasteiger partial charge in [0.15, 0.2) is 5.69 Å². The Morgan fingerprint density at radius 2 is 2.20 bits per heavy atom. The minimum absolute atomic E-state index is 0.364. The predicted octanol–water partition coefficient (Wildman–Crippen LogP) is 1.90. The molecule has 1 N–H and O–H groups in total. The van der Waals surface area contributed by atoms with Crippen LogP contribution >= 0.6 is 0 Å². The summed E-state index contributed by atoms with van der Waals surface area (Å²) in [6.45, 7) is 3.99. The van der Waals surface area contributed by atoms with Gasteiger partial charge in [-0.2, -0.15) is 0 Å². The lowest BCUT2D eigenvalue weighted by molar-refractivity contribution is 0.0596. The van der Waals surface area contributed by atoms with E-state index in [1.807, 2.05) is 25.3 Å². The van der Waals surface area contributed by atoms with Crippen LogP contribution in [0.25, 0.3) is 5.52 Å². The van der Waals surface area contributed by atoms with Crippen LogP contribution in [0.4, 0.5) is 0 Å². The van der Waals surface area contributed by atoms with Crippen molar-refractivity contribution in [2.75, 3.05) is 20.2 Å². The maximum absolute atomic E-state index is 12.0. The molecule has 1 saturated heterocycles. The van der Waals surface area contributed by atoms with Gasteiger partial charge in [-0.3, -0.25) is 0 Å². The van der Waals surface area contributed by atoms with E-state index in [2.05, 4.69) is 14.7 Å². The molecule has 5 nitrogen and oxygen atoms in total. The molecule has 0 amide bonds. The molecule has 0 spiro atoms. The number of aryl methyl sites for hydroxylation is 1. The minimum atomic E-state index is -0.364. The van der Waals surface area contributed by atoms with Gasteiger partial charge in [-0.1, -0.05) is 6.07 Å². The summed E-state index contributed by atoms with van der Waals surface area (Å²) in [5.41, 5.74) is 2.34. The van der Waals surface area contributed by atoms with Crippen molar-refractivity contribution < 1.29 is 9.53 Å². The van der Waals surface area contributed by atoms with E-state index in [0.29, 0.717) is 11.6 Å². The number of esters is 1. The highest BCUT2D eigenvalue weighted by Crippen LogP contribution is 2.28. The number of imidazole rings is 1. The zero-order valence-electron chi connectivity index (χ0n) is 11.8. The molecule has 0 atom stereocenters. The second-order valence-electron chi connectivity index (χ2n) is 5.24. The van der Waals surface area contributed by atoms with Gasteiger partial charge in [-0.15, -0.1) is 0 Å². The van der Waals surface area contributed by atoms with E-state index in [-0.39, 0.29) is 5.97 Å². The van der Waals surface area contributed by atoms with Crippen molar-refractivity contribution in [3.63, 3.8) is 0 Å². The Labute approximate surface area is 118 Å². The lowest BCUT2D eigenvalue weighted by Gasteiger charge is -2.21. The third kappa shape index (κ3) is 2.08. The first-order valence-electron chi connectivity index (χ1n) is 6.99. The summed E-state index contributed by atoms with van der Waals surface area (Å²) in [6, 6.07) is 3.99. The normalized spacial score (nSPS) is 16.5. The van der Waals surface area contributed by atoms with Crippen LogP contribution in [0, 0.1) is 6.92 Å². The molecular formula is C15H19N3O2. The van der Waals surface area contributed by atoms with Crippen LogP contribution in [0.1, 0.15) is 40.6 Å². The van der Waals surface area contributed by atoms with E-state index in [1.54, 1.807) is 0 Å². The van der Waals surface area contributed by atoms with Gasteiger partial charge in [0, 0.05) is 12.1 Å². The lowest BCUT2D eigenvalue weighted by Crippen LogP contribution is -2.27. The zero-order valence-corrected chi connectivity index (χ0v) is 11.8. The van der Waals surface area contributed by atoms with Crippen molar-refractivity contribution in [3.05, 3.63) is 35.4 Å². The number of pyridine rings is 1. The molecule has 20 heavy (non-hydrogen) atoms. The average molecular weight is 273 g/mol. The summed E-state index contributed by atoms with van der Waals surface area (Å²) in [4.78, 5) is 16.6. The number of aromatic nitrogens is 2. The number of rotatable bonds is 2. The van der Waals surface area contributed by atoms with Gasteiger partial charge in [0.2, 0.25) is 0 Å². The second-order valence-corrected chi connectivity index (χ2v) is 5.24. The first-order chi connectivity index (χ1) is 9.72. The highest BCUT2D eigenvalue weighted by Gasteiger charge is 2.25. The number of methoxy groups -OCH3 is 1. The molecule has 3 rings (SSSR count). The number of fused-ring (bicyclic) bond motifs is 1. The van der Waals surface area contributed by atoms with E-state index in [0.717, 1.165) is 42.8 Å². The lowest BCUT2D eigenvalue weighted by atomic mass is 9.97. The predicted molar refractivity (Wildman–Crippen MR) is 76.1 cm³/mol. The Morgan fingerprint density at radius 1 is 1.45 bits per heavy atom. The molecular weight excluding hydrogens is 254 g/mol. The van der Waals surface area contributed by atoms with Crippen LogP contribution in [0.5, 0.6) is 0 Å². The third-order valence-corrected chi connectivity index (χ3v) is 3.98. The van der Waals surface area contributed by atoms with Gasteiger partial charge in [-0.05, 0) is 44.5 Å². The van der Waals surface area contributed by atoms with E-state index in [9.17, 15) is 4.79 Å². The Hall–Kier alpha value is -1.88. The summed E-state index contributed by atoms with van der Waals surface area (Å²) >= 11 is 0. The molecule has 3 heterocycles. The SMILES string of the molecule is COC(=O)c1nc(C2CCNCC2)n2cccc(C)c12. The molecule has 1 aliphatic heterocycles. The first-order valence-corrected chi connectivity index (χ1v) is 6.99. The molecule has 2 aromatic rings. The summed E-state index contributed by atoms with van der Waals surface area (Å²) < 4.78 is 6.93. The Morgan fingerprint density at radius 3 is 2.90 bits per heavy atom. The van der Waals surface area contributed by atoms with Crippen LogP contribution in [0.2, 0.25) is 0 Å². The summed E-state index contributed by atoms with van der Waals surface area (Å²) in [7, 11) is 1.40. The topological polar surface area (TPSA) is 55.6 Å². The van der Waals surface area contributed by atoms with Gasteiger partial charge >= 0.3 is 5.97 Å². The summed E-state index contributed by atoms with van der Waals surface area (Å²) in [5.74, 6) is 1.01. The highest BCUT2D eigenvalue weighted by molar-refractivity contribution is 5.96. The standard InChI is InChI=1S/C15H19N3O2/c1-10-4-3-9-18-13(10)12(15(19)20-2)17-14(18)11-5-7-16-8-6-11/h3-4,9,11,16H,5-8H2,1-2H3. The van der Waals surface area contributed by atoms with E-state index in [4.69, 9.17) is 4.74 Å². The monoisotopic (exact) mass is 273 g/mol. The first kappa shape index (κ1) is 13.1. The maximum Gasteiger partial charge on any atom is 0.358 e. The molecule has 5 heteroatoms. The highest BCUT2D eigenvalue weighted by atomic mass is 16.5. The van der Waals surface area contributed by atoms with Crippen LogP contribution in [0.15, 0.2) is 18.3 Å². The van der Waals surface area contributed by atoms with E-state index >= 15 is 0 Å². The smallest absolute Gasteiger partial charge is 0.358 e. The Kier molecular flexibility index (Phi) is 3.44. The molecule has 1 aliphatic rings. The quantitative estimate of drug-likeness (QED) is 0.849. The molecule has 0 aromatic carbocycles. The molecule has 0 bridgehead atoms. The van der Waals surface area contributed by atoms with Crippen molar-refractivity contribution in [2.24, 2.45) is 0 Å². The number of hydrogen-bond acceptors (Lipinski definition) is 4. The number of ether oxygens (including phenoxy) is 1. The molecule has 1 fully saturated rings. The third-order valence-electron chi connectivity index (χ3n) is 3.98. The van der Waals surface area contributed by atoms with Gasteiger partial charge in [0.05, 0.1) is 12.6 Å². The van der Waals surface area contributed by atoms with Gasteiger partial charge < -0.3 is 14.5 Å². The maximum atomic E-state index is 12.0. The number of piperidine rings is 1. The van der Waals surface area contributed by atoms with Crippen LogP contribution in [-0.2, 0) is 4.74 Å². The Balaban J connectivity index is 2.17. The van der Waals surface area contributed by atoms with E-state index in [1.165, 1.54) is 7.11 Å². The molecule has 2 aromatic heterocycles. The van der Waals surface area contributed by atoms with Gasteiger partial charge in [0.1, 0.15) is 5.82 Å². The largest absolute Gasteiger partial charge is 0.464 e. The number of hydrogen-bond donors (Lipinski definition) is 1. The number of carbonyl (C=O) groups excluding carboxylic acids is 1. The summed E-state index contributed by atoms with van der Waals surface area (Å²) in [6.07, 6.45) is 4.08. The number of nitrogens with one attached hydrogen (secondary N) is 1. The number of carbonyl (C=O) groups is 1. The number of nitrogens with zero attached hydrogens (tertiary/aromatic N) is 2. The fraction of sp³-hybridized carbons (Fsp3) is 0.467. The van der Waals surface area contributed by atoms with Crippen molar-refractivity contribution in [1.29, 1.82) is 0 Å². The minimum Gasteiger partial charge on any atom is -0.464 e. The second kappa shape index (κ2) is 5.25. The molecule has 106 valence electrons. The molecule has 0 radical (unpaired) electrons. The van der Waals surface area contributed by atoms with Gasteiger partial charge in [0.25, 0.3) is 0 Å². The fourth-order valence-corrected chi connectivity index (χ4v) is 2.94. The average Bonchev–Trinajstić information content (AvgIpc) is 2.88. The summed E-state index contributed by atoms with van der Waals surface area (Å²) in [5, 5.41) is 3.36. The van der Waals surface area contributed by atoms with Crippen molar-refractivity contribution in [1.82, 2.24) is 14.7 Å². The van der Waals surface area contributed by atoms with Crippen molar-refractivity contribution in [3.8, 4) is 0 Å². The molecule has 0 unspecified atom stereocenters. The van der Waals surface area contributed by atoms with Crippen LogP contribution < -0.4 is 5.32 Å². The van der Waals surface area contributed by atoms with Crippen LogP contribution in [0.3, 0.4) is 0 Å². The van der Waals surface area contributed by atoms with Crippen LogP contribution in [-0.4, -0.2) is 35.6 Å². The zero-order chi connectivity index (χ0) is 14.1. The van der Waals surface area contributed by atoms with Crippen molar-refractivity contribution in [2.45, 2.75) is 25.7 Å². The van der Waals surface area contributed by atoms with Gasteiger partial charge in [-0.25, -0.2) is 9.78 Å². The molecule has 0 aliphatic carbocycles.